The Morgan fingerprint density at radius 1 is 1.06 bits per heavy atom. The van der Waals surface area contributed by atoms with E-state index in [2.05, 4.69) is 0 Å². The average molecular weight is 230 g/mol. The van der Waals surface area contributed by atoms with Crippen molar-refractivity contribution in [3.8, 4) is 0 Å². The molecule has 1 nitrogen and oxygen atoms in total. The number of benzene rings is 2. The van der Waals surface area contributed by atoms with Crippen molar-refractivity contribution in [1.29, 1.82) is 0 Å². The van der Waals surface area contributed by atoms with Crippen molar-refractivity contribution in [2.45, 2.75) is 20.0 Å². The van der Waals surface area contributed by atoms with Gasteiger partial charge in [0.2, 0.25) is 0 Å². The number of hydrogen-bond donors (Lipinski definition) is 1. The van der Waals surface area contributed by atoms with Crippen LogP contribution >= 0.6 is 0 Å². The van der Waals surface area contributed by atoms with E-state index in [0.29, 0.717) is 5.56 Å². The van der Waals surface area contributed by atoms with Gasteiger partial charge in [-0.1, -0.05) is 35.9 Å². The summed E-state index contributed by atoms with van der Waals surface area (Å²) >= 11 is 0. The molecule has 0 spiro atoms. The molecule has 2 aromatic carbocycles. The molecule has 17 heavy (non-hydrogen) atoms. The summed E-state index contributed by atoms with van der Waals surface area (Å²) in [5, 5.41) is 10.2. The van der Waals surface area contributed by atoms with Crippen molar-refractivity contribution in [1.82, 2.24) is 0 Å². The average Bonchev–Trinajstić information content (AvgIpc) is 2.28. The zero-order valence-corrected chi connectivity index (χ0v) is 9.94. The number of rotatable bonds is 2. The van der Waals surface area contributed by atoms with Crippen molar-refractivity contribution in [3.63, 3.8) is 0 Å². The molecule has 2 aromatic rings. The number of aliphatic hydroxyl groups excluding tert-OH is 1. The van der Waals surface area contributed by atoms with E-state index < -0.39 is 6.10 Å². The summed E-state index contributed by atoms with van der Waals surface area (Å²) in [5.41, 5.74) is 3.57. The Morgan fingerprint density at radius 3 is 2.47 bits per heavy atom. The van der Waals surface area contributed by atoms with Gasteiger partial charge in [0.1, 0.15) is 11.9 Å². The lowest BCUT2D eigenvalue weighted by Crippen LogP contribution is -2.02. The fraction of sp³-hybridized carbons (Fsp3) is 0.200. The van der Waals surface area contributed by atoms with Gasteiger partial charge in [0.05, 0.1) is 0 Å². The first-order chi connectivity index (χ1) is 8.08. The largest absolute Gasteiger partial charge is 0.384 e. The molecule has 0 radical (unpaired) electrons. The standard InChI is InChI=1S/C15H15FO/c1-10-6-7-14(11(2)8-10)15(17)12-4-3-5-13(16)9-12/h3-9,15,17H,1-2H3/t15-/m1/s1. The fourth-order valence-corrected chi connectivity index (χ4v) is 1.99. The SMILES string of the molecule is Cc1ccc([C@H](O)c2cccc(F)c2)c(C)c1. The molecule has 0 fully saturated rings. The number of hydrogen-bond acceptors (Lipinski definition) is 1. The second kappa shape index (κ2) is 4.68. The Kier molecular flexibility index (Phi) is 3.25. The molecule has 0 aromatic heterocycles. The van der Waals surface area contributed by atoms with E-state index >= 15 is 0 Å². The molecule has 0 aliphatic heterocycles. The lowest BCUT2D eigenvalue weighted by Gasteiger charge is -2.14. The second-order valence-corrected chi connectivity index (χ2v) is 4.32. The molecule has 0 saturated heterocycles. The molecule has 2 rings (SSSR count). The molecule has 88 valence electrons. The molecule has 1 atom stereocenters. The highest BCUT2D eigenvalue weighted by atomic mass is 19.1. The first-order valence-corrected chi connectivity index (χ1v) is 5.58. The van der Waals surface area contributed by atoms with Gasteiger partial charge in [-0.05, 0) is 42.7 Å². The molecule has 0 saturated carbocycles. The summed E-state index contributed by atoms with van der Waals surface area (Å²) in [6, 6.07) is 11.9. The lowest BCUT2D eigenvalue weighted by atomic mass is 9.96. The monoisotopic (exact) mass is 230 g/mol. The van der Waals surface area contributed by atoms with Gasteiger partial charge in [-0.3, -0.25) is 0 Å². The minimum absolute atomic E-state index is 0.327. The predicted molar refractivity (Wildman–Crippen MR) is 66.4 cm³/mol. The van der Waals surface area contributed by atoms with Crippen LogP contribution in [0.4, 0.5) is 4.39 Å². The zero-order chi connectivity index (χ0) is 12.4. The van der Waals surface area contributed by atoms with Gasteiger partial charge < -0.3 is 5.11 Å². The Bertz CT molecular complexity index is 534. The van der Waals surface area contributed by atoms with E-state index in [0.717, 1.165) is 16.7 Å². The van der Waals surface area contributed by atoms with Gasteiger partial charge >= 0.3 is 0 Å². The Balaban J connectivity index is 2.40. The molecular weight excluding hydrogens is 215 g/mol. The predicted octanol–water partition coefficient (Wildman–Crippen LogP) is 3.52. The molecule has 1 N–H and O–H groups in total. The minimum Gasteiger partial charge on any atom is -0.384 e. The highest BCUT2D eigenvalue weighted by Gasteiger charge is 2.13. The van der Waals surface area contributed by atoms with Crippen molar-refractivity contribution < 1.29 is 9.50 Å². The number of aryl methyl sites for hydroxylation is 2. The van der Waals surface area contributed by atoms with Crippen LogP contribution in [0.1, 0.15) is 28.4 Å². The van der Waals surface area contributed by atoms with Crippen LogP contribution in [-0.4, -0.2) is 5.11 Å². The summed E-state index contributed by atoms with van der Waals surface area (Å²) < 4.78 is 13.1. The van der Waals surface area contributed by atoms with Crippen molar-refractivity contribution >= 4 is 0 Å². The van der Waals surface area contributed by atoms with Gasteiger partial charge in [0, 0.05) is 0 Å². The topological polar surface area (TPSA) is 20.2 Å². The Hall–Kier alpha value is -1.67. The van der Waals surface area contributed by atoms with Crippen molar-refractivity contribution in [2.24, 2.45) is 0 Å². The smallest absolute Gasteiger partial charge is 0.123 e. The minimum atomic E-state index is -0.772. The van der Waals surface area contributed by atoms with Gasteiger partial charge in [0.25, 0.3) is 0 Å². The third kappa shape index (κ3) is 2.53. The highest BCUT2D eigenvalue weighted by Crippen LogP contribution is 2.25. The first kappa shape index (κ1) is 11.8. The normalized spacial score (nSPS) is 12.5. The molecule has 2 heteroatoms. The maximum Gasteiger partial charge on any atom is 0.123 e. The van der Waals surface area contributed by atoms with Crippen molar-refractivity contribution in [2.75, 3.05) is 0 Å². The van der Waals surface area contributed by atoms with Crippen molar-refractivity contribution in [3.05, 3.63) is 70.5 Å². The number of halogens is 1. The molecule has 0 unspecified atom stereocenters. The summed E-state index contributed by atoms with van der Waals surface area (Å²) in [4.78, 5) is 0. The molecular formula is C15H15FO. The van der Waals surface area contributed by atoms with Crippen LogP contribution in [0.15, 0.2) is 42.5 Å². The summed E-state index contributed by atoms with van der Waals surface area (Å²) in [6.45, 7) is 3.95. The van der Waals surface area contributed by atoms with Gasteiger partial charge in [-0.25, -0.2) is 4.39 Å². The van der Waals surface area contributed by atoms with E-state index in [1.165, 1.54) is 12.1 Å². The van der Waals surface area contributed by atoms with Crippen LogP contribution in [0, 0.1) is 19.7 Å². The fourth-order valence-electron chi connectivity index (χ4n) is 1.99. The zero-order valence-electron chi connectivity index (χ0n) is 9.94. The number of aliphatic hydroxyl groups is 1. The van der Waals surface area contributed by atoms with Crippen LogP contribution in [-0.2, 0) is 0 Å². The molecule has 0 amide bonds. The van der Waals surface area contributed by atoms with Crippen LogP contribution in [0.5, 0.6) is 0 Å². The van der Waals surface area contributed by atoms with E-state index in [1.54, 1.807) is 12.1 Å². The molecule has 0 aliphatic carbocycles. The highest BCUT2D eigenvalue weighted by molar-refractivity contribution is 5.37. The van der Waals surface area contributed by atoms with Crippen LogP contribution in [0.3, 0.4) is 0 Å². The summed E-state index contributed by atoms with van der Waals surface area (Å²) in [7, 11) is 0. The van der Waals surface area contributed by atoms with Crippen LogP contribution < -0.4 is 0 Å². The van der Waals surface area contributed by atoms with E-state index in [1.807, 2.05) is 32.0 Å². The van der Waals surface area contributed by atoms with Gasteiger partial charge in [0.15, 0.2) is 0 Å². The first-order valence-electron chi connectivity index (χ1n) is 5.58. The third-order valence-electron chi connectivity index (χ3n) is 2.88. The summed E-state index contributed by atoms with van der Waals surface area (Å²) in [6.07, 6.45) is -0.772. The lowest BCUT2D eigenvalue weighted by molar-refractivity contribution is 0.219. The quantitative estimate of drug-likeness (QED) is 0.836. The third-order valence-corrected chi connectivity index (χ3v) is 2.88. The maximum atomic E-state index is 13.1. The second-order valence-electron chi connectivity index (χ2n) is 4.32. The molecule has 0 heterocycles. The Labute approximate surface area is 101 Å². The van der Waals surface area contributed by atoms with E-state index in [-0.39, 0.29) is 5.82 Å². The molecule has 0 aliphatic rings. The summed E-state index contributed by atoms with van der Waals surface area (Å²) in [5.74, 6) is -0.327. The van der Waals surface area contributed by atoms with Gasteiger partial charge in [-0.15, -0.1) is 0 Å². The van der Waals surface area contributed by atoms with Crippen LogP contribution in [0.25, 0.3) is 0 Å². The molecule has 0 bridgehead atoms. The van der Waals surface area contributed by atoms with E-state index in [4.69, 9.17) is 0 Å². The van der Waals surface area contributed by atoms with Crippen LogP contribution in [0.2, 0.25) is 0 Å². The van der Waals surface area contributed by atoms with E-state index in [9.17, 15) is 9.50 Å². The maximum absolute atomic E-state index is 13.1. The van der Waals surface area contributed by atoms with Gasteiger partial charge in [-0.2, -0.15) is 0 Å². The Morgan fingerprint density at radius 2 is 1.82 bits per heavy atom.